The van der Waals surface area contributed by atoms with Gasteiger partial charge in [-0.15, -0.1) is 22.7 Å². The minimum Gasteiger partial charge on any atom is -0.309 e. The van der Waals surface area contributed by atoms with Crippen molar-refractivity contribution in [3.8, 4) is 56.0 Å². The molecule has 0 bridgehead atoms. The van der Waals surface area contributed by atoms with Crippen molar-refractivity contribution in [1.29, 1.82) is 0 Å². The second-order valence-electron chi connectivity index (χ2n) is 21.8. The number of benzene rings is 13. The number of thiophene rings is 2. The van der Waals surface area contributed by atoms with Crippen molar-refractivity contribution >= 4 is 139 Å². The van der Waals surface area contributed by atoms with E-state index >= 15 is 0 Å². The fourth-order valence-corrected chi connectivity index (χ4v) is 15.9. The molecule has 0 saturated carbocycles. The largest absolute Gasteiger partial charge is 0.309 e. The van der Waals surface area contributed by atoms with Crippen LogP contribution in [0.4, 0.5) is 0 Å². The topological polar surface area (TPSA) is 22.8 Å². The maximum absolute atomic E-state index is 5.27. The molecule has 0 atom stereocenters. The molecule has 13 aromatic carbocycles. The van der Waals surface area contributed by atoms with Crippen molar-refractivity contribution in [2.24, 2.45) is 0 Å². The van der Waals surface area contributed by atoms with E-state index < -0.39 is 0 Å². The SMILES string of the molecule is c1cc(-c2cccc(-c3cccc4c3sc3ccccc34)c2)cc(-c2cc3c4ccccc4c4ccc(-c5ccc6c(c5)c5ccccc5n6-c5ccc6c(c5)c5ccccc5n6-c5ccc6sc7ccccc7c6c5)cc4c3cn2)c1. The predicted octanol–water partition coefficient (Wildman–Crippen LogP) is 22.1. The summed E-state index contributed by atoms with van der Waals surface area (Å²) in [6.45, 7) is 0. The first-order chi connectivity index (χ1) is 40.6. The number of hydrogen-bond donors (Lipinski definition) is 0. The fraction of sp³-hybridized carbons (Fsp3) is 0. The van der Waals surface area contributed by atoms with Crippen LogP contribution in [0.3, 0.4) is 0 Å². The highest BCUT2D eigenvalue weighted by Gasteiger charge is 2.20. The molecule has 3 nitrogen and oxygen atoms in total. The summed E-state index contributed by atoms with van der Waals surface area (Å²) in [5.41, 5.74) is 16.3. The molecule has 5 heteroatoms. The monoisotopic (exact) mass is 1080 g/mol. The van der Waals surface area contributed by atoms with Crippen LogP contribution >= 0.6 is 22.7 Å². The van der Waals surface area contributed by atoms with Gasteiger partial charge < -0.3 is 9.13 Å². The molecule has 5 heterocycles. The molecule has 0 radical (unpaired) electrons. The summed E-state index contributed by atoms with van der Waals surface area (Å²) in [5.74, 6) is 0. The Morgan fingerprint density at radius 1 is 0.244 bits per heavy atom. The normalized spacial score (nSPS) is 12.1. The average Bonchev–Trinajstić information content (AvgIpc) is 3.56. The Balaban J connectivity index is 0.727. The standard InChI is InChI=1S/C77H45N3S2/c1-2-19-56-55(18-1)57-34-30-48(40-63(57)68-45-78-69(44-64(56)68)51-17-12-15-47(39-51)46-14-11-16-50(38-46)54-24-13-25-62-60-22-5-10-29-75(60)82-77(54)62)49-31-35-72-65(41-49)58-20-3-7-26-70(58)79(72)52-32-36-73-66(42-52)59-21-4-8-27-71(59)80(73)53-33-37-76-67(43-53)61-23-6-9-28-74(61)81-76/h1-45H. The van der Waals surface area contributed by atoms with Crippen LogP contribution in [0.5, 0.6) is 0 Å². The molecular formula is C77H45N3S2. The smallest absolute Gasteiger partial charge is 0.0708 e. The quantitative estimate of drug-likeness (QED) is 0.152. The summed E-state index contributed by atoms with van der Waals surface area (Å²) in [7, 11) is 0. The van der Waals surface area contributed by atoms with E-state index in [2.05, 4.69) is 282 Å². The number of hydrogen-bond acceptors (Lipinski definition) is 3. The van der Waals surface area contributed by atoms with Crippen molar-refractivity contribution in [3.63, 3.8) is 0 Å². The van der Waals surface area contributed by atoms with E-state index in [4.69, 9.17) is 4.98 Å². The summed E-state index contributed by atoms with van der Waals surface area (Å²) in [6.07, 6.45) is 2.11. The highest BCUT2D eigenvalue weighted by Crippen LogP contribution is 2.45. The Hall–Kier alpha value is -10.2. The molecule has 0 N–H and O–H groups in total. The van der Waals surface area contributed by atoms with Crippen molar-refractivity contribution in [3.05, 3.63) is 273 Å². The fourth-order valence-electron chi connectivity index (χ4n) is 13.5. The van der Waals surface area contributed by atoms with Gasteiger partial charge in [0.05, 0.1) is 27.8 Å². The molecule has 18 rings (SSSR count). The van der Waals surface area contributed by atoms with Crippen molar-refractivity contribution in [2.75, 3.05) is 0 Å². The third-order valence-corrected chi connectivity index (χ3v) is 19.7. The first kappa shape index (κ1) is 45.7. The zero-order chi connectivity index (χ0) is 53.6. The maximum atomic E-state index is 5.27. The molecule has 0 aliphatic carbocycles. The van der Waals surface area contributed by atoms with Gasteiger partial charge in [0.15, 0.2) is 0 Å². The van der Waals surface area contributed by atoms with Gasteiger partial charge in [0.2, 0.25) is 0 Å². The molecule has 18 aromatic rings. The first-order valence-corrected chi connectivity index (χ1v) is 29.6. The summed E-state index contributed by atoms with van der Waals surface area (Å²) in [4.78, 5) is 5.27. The van der Waals surface area contributed by atoms with Gasteiger partial charge in [-0.2, -0.15) is 0 Å². The molecule has 0 unspecified atom stereocenters. The molecule has 380 valence electrons. The predicted molar refractivity (Wildman–Crippen MR) is 353 cm³/mol. The van der Waals surface area contributed by atoms with Gasteiger partial charge in [0.1, 0.15) is 0 Å². The zero-order valence-electron chi connectivity index (χ0n) is 44.1. The molecule has 82 heavy (non-hydrogen) atoms. The van der Waals surface area contributed by atoms with E-state index in [9.17, 15) is 0 Å². The molecule has 0 aliphatic rings. The Bertz CT molecular complexity index is 5730. The summed E-state index contributed by atoms with van der Waals surface area (Å²) in [5, 5.41) is 17.4. The van der Waals surface area contributed by atoms with Gasteiger partial charge in [-0.3, -0.25) is 4.98 Å². The Labute approximate surface area is 479 Å². The summed E-state index contributed by atoms with van der Waals surface area (Å²) < 4.78 is 10.2. The second kappa shape index (κ2) is 17.7. The number of nitrogens with zero attached hydrogens (tertiary/aromatic N) is 3. The third kappa shape index (κ3) is 6.85. The lowest BCUT2D eigenvalue weighted by atomic mass is 9.91. The molecular weight excluding hydrogens is 1030 g/mol. The van der Waals surface area contributed by atoms with Crippen LogP contribution in [-0.2, 0) is 0 Å². The second-order valence-corrected chi connectivity index (χ2v) is 23.9. The van der Waals surface area contributed by atoms with Gasteiger partial charge in [-0.1, -0.05) is 170 Å². The van der Waals surface area contributed by atoms with E-state index in [0.29, 0.717) is 0 Å². The van der Waals surface area contributed by atoms with E-state index in [1.807, 2.05) is 22.7 Å². The highest BCUT2D eigenvalue weighted by molar-refractivity contribution is 7.26. The molecule has 0 amide bonds. The zero-order valence-corrected chi connectivity index (χ0v) is 45.8. The van der Waals surface area contributed by atoms with Gasteiger partial charge in [-0.05, 0) is 157 Å². The lowest BCUT2D eigenvalue weighted by Gasteiger charge is -2.14. The summed E-state index contributed by atoms with van der Waals surface area (Å²) >= 11 is 3.74. The van der Waals surface area contributed by atoms with Crippen molar-refractivity contribution in [1.82, 2.24) is 14.1 Å². The Morgan fingerprint density at radius 3 is 1.45 bits per heavy atom. The first-order valence-electron chi connectivity index (χ1n) is 28.0. The van der Waals surface area contributed by atoms with E-state index in [1.54, 1.807) is 0 Å². The lowest BCUT2D eigenvalue weighted by Crippen LogP contribution is -1.95. The van der Waals surface area contributed by atoms with Crippen LogP contribution in [-0.4, -0.2) is 14.1 Å². The minimum absolute atomic E-state index is 0.956. The minimum atomic E-state index is 0.956. The van der Waals surface area contributed by atoms with E-state index in [1.165, 1.54) is 150 Å². The van der Waals surface area contributed by atoms with Gasteiger partial charge in [-0.25, -0.2) is 0 Å². The van der Waals surface area contributed by atoms with Gasteiger partial charge in [0, 0.05) is 90.4 Å². The van der Waals surface area contributed by atoms with Crippen LogP contribution in [0.25, 0.3) is 172 Å². The maximum Gasteiger partial charge on any atom is 0.0708 e. The van der Waals surface area contributed by atoms with Crippen LogP contribution in [0.15, 0.2) is 273 Å². The number of fused-ring (bicyclic) bond motifs is 18. The van der Waals surface area contributed by atoms with Crippen molar-refractivity contribution < 1.29 is 0 Å². The summed E-state index contributed by atoms with van der Waals surface area (Å²) in [6, 6.07) is 99.0. The Kier molecular flexibility index (Phi) is 9.84. The number of rotatable bonds is 6. The molecule has 0 fully saturated rings. The number of aromatic nitrogens is 3. The van der Waals surface area contributed by atoms with Crippen LogP contribution in [0.2, 0.25) is 0 Å². The Morgan fingerprint density at radius 2 is 0.707 bits per heavy atom. The lowest BCUT2D eigenvalue weighted by molar-refractivity contribution is 1.17. The molecule has 0 saturated heterocycles. The number of pyridine rings is 1. The highest BCUT2D eigenvalue weighted by atomic mass is 32.1. The van der Waals surface area contributed by atoms with Crippen molar-refractivity contribution in [2.45, 2.75) is 0 Å². The van der Waals surface area contributed by atoms with Gasteiger partial charge in [0.25, 0.3) is 0 Å². The average molecular weight is 1080 g/mol. The van der Waals surface area contributed by atoms with E-state index in [-0.39, 0.29) is 0 Å². The molecule has 0 aliphatic heterocycles. The third-order valence-electron chi connectivity index (χ3n) is 17.3. The number of para-hydroxylation sites is 2. The van der Waals surface area contributed by atoms with Crippen LogP contribution in [0.1, 0.15) is 0 Å². The van der Waals surface area contributed by atoms with Crippen LogP contribution < -0.4 is 0 Å². The molecule has 0 spiro atoms. The molecule has 5 aromatic heterocycles. The van der Waals surface area contributed by atoms with Crippen LogP contribution in [0, 0.1) is 0 Å². The van der Waals surface area contributed by atoms with E-state index in [0.717, 1.165) is 22.3 Å². The van der Waals surface area contributed by atoms with Gasteiger partial charge >= 0.3 is 0 Å².